The molecule has 7 heteroatoms. The number of nitrogens with one attached hydrogen (secondary N) is 1. The van der Waals surface area contributed by atoms with Crippen molar-refractivity contribution in [2.75, 3.05) is 57.3 Å². The van der Waals surface area contributed by atoms with Crippen LogP contribution in [0.1, 0.15) is 38.4 Å². The molecule has 3 fully saturated rings. The third-order valence-electron chi connectivity index (χ3n) is 7.68. The summed E-state index contributed by atoms with van der Waals surface area (Å²) in [6.45, 7) is 12.4. The van der Waals surface area contributed by atoms with E-state index in [4.69, 9.17) is 9.72 Å². The normalized spacial score (nSPS) is 24.9. The molecule has 1 aromatic heterocycles. The van der Waals surface area contributed by atoms with Crippen LogP contribution < -0.4 is 4.90 Å². The number of anilines is 1. The van der Waals surface area contributed by atoms with Gasteiger partial charge in [-0.3, -0.25) is 9.69 Å². The summed E-state index contributed by atoms with van der Waals surface area (Å²) in [5.74, 6) is 1.03. The van der Waals surface area contributed by atoms with Gasteiger partial charge in [-0.25, -0.2) is 4.98 Å². The van der Waals surface area contributed by atoms with Crippen LogP contribution >= 0.6 is 0 Å². The second-order valence-electron chi connectivity index (χ2n) is 9.56. The van der Waals surface area contributed by atoms with Crippen molar-refractivity contribution in [2.45, 2.75) is 45.6 Å². The van der Waals surface area contributed by atoms with Crippen LogP contribution in [0.25, 0.3) is 11.0 Å². The van der Waals surface area contributed by atoms with E-state index in [2.05, 4.69) is 44.8 Å². The van der Waals surface area contributed by atoms with E-state index in [0.29, 0.717) is 0 Å². The standard InChI is InChI=1S/C24H35N5O2/c1-3-27-11-8-24(9-12-27)17-19(31-23(24)30)7-10-28-13-15-29(16-14-28)21-6-4-5-20-22(21)26-18(2)25-20/h4-6,19H,3,7-17H2,1-2H3,(H,25,26). The summed E-state index contributed by atoms with van der Waals surface area (Å²) in [6.07, 6.45) is 3.91. The van der Waals surface area contributed by atoms with E-state index in [1.807, 2.05) is 6.92 Å². The Labute approximate surface area is 184 Å². The number of piperazine rings is 1. The minimum absolute atomic E-state index is 0.0699. The van der Waals surface area contributed by atoms with Crippen molar-refractivity contribution in [3.8, 4) is 0 Å². The molecule has 7 nitrogen and oxygen atoms in total. The number of ether oxygens (including phenoxy) is 1. The molecule has 0 aliphatic carbocycles. The zero-order valence-corrected chi connectivity index (χ0v) is 18.9. The molecule has 0 bridgehead atoms. The van der Waals surface area contributed by atoms with Crippen molar-refractivity contribution >= 4 is 22.7 Å². The van der Waals surface area contributed by atoms with Crippen LogP contribution in [0.5, 0.6) is 0 Å². The number of carbonyl (C=O) groups is 1. The van der Waals surface area contributed by atoms with Crippen LogP contribution in [0, 0.1) is 12.3 Å². The van der Waals surface area contributed by atoms with E-state index < -0.39 is 0 Å². The summed E-state index contributed by atoms with van der Waals surface area (Å²) in [5, 5.41) is 0. The molecule has 3 aliphatic heterocycles. The van der Waals surface area contributed by atoms with Gasteiger partial charge in [-0.1, -0.05) is 13.0 Å². The minimum atomic E-state index is -0.199. The fourth-order valence-electron chi connectivity index (χ4n) is 5.64. The van der Waals surface area contributed by atoms with E-state index in [0.717, 1.165) is 94.9 Å². The molecule has 1 atom stereocenters. The fraction of sp³-hybridized carbons (Fsp3) is 0.667. The Kier molecular flexibility index (Phi) is 5.65. The van der Waals surface area contributed by atoms with Crippen molar-refractivity contribution < 1.29 is 9.53 Å². The first-order valence-electron chi connectivity index (χ1n) is 11.9. The topological polar surface area (TPSA) is 64.7 Å². The quantitative estimate of drug-likeness (QED) is 0.744. The molecule has 1 N–H and O–H groups in total. The van der Waals surface area contributed by atoms with Crippen molar-refractivity contribution in [1.29, 1.82) is 0 Å². The number of aromatic amines is 1. The first-order valence-corrected chi connectivity index (χ1v) is 11.9. The van der Waals surface area contributed by atoms with Gasteiger partial charge in [0, 0.05) is 39.1 Å². The molecule has 1 unspecified atom stereocenters. The summed E-state index contributed by atoms with van der Waals surface area (Å²) < 4.78 is 5.85. The Balaban J connectivity index is 1.12. The number of hydrogen-bond donors (Lipinski definition) is 1. The van der Waals surface area contributed by atoms with E-state index in [9.17, 15) is 4.79 Å². The van der Waals surface area contributed by atoms with Gasteiger partial charge >= 0.3 is 5.97 Å². The van der Waals surface area contributed by atoms with Gasteiger partial charge in [0.1, 0.15) is 17.4 Å². The number of hydrogen-bond acceptors (Lipinski definition) is 6. The smallest absolute Gasteiger partial charge is 0.312 e. The molecule has 1 spiro atoms. The van der Waals surface area contributed by atoms with E-state index in [-0.39, 0.29) is 17.5 Å². The molecule has 0 amide bonds. The molecule has 1 aromatic carbocycles. The van der Waals surface area contributed by atoms with Crippen LogP contribution in [0.3, 0.4) is 0 Å². The molecule has 5 rings (SSSR count). The molecule has 3 aliphatic rings. The average molecular weight is 426 g/mol. The second kappa shape index (κ2) is 8.43. The van der Waals surface area contributed by atoms with Gasteiger partial charge < -0.3 is 19.5 Å². The third kappa shape index (κ3) is 4.05. The number of aryl methyl sites for hydroxylation is 1. The number of likely N-dealkylation sites (tertiary alicyclic amines) is 1. The fourth-order valence-corrected chi connectivity index (χ4v) is 5.64. The minimum Gasteiger partial charge on any atom is -0.462 e. The number of para-hydroxylation sites is 1. The number of esters is 1. The van der Waals surface area contributed by atoms with Gasteiger partial charge in [0.05, 0.1) is 16.6 Å². The molecule has 0 radical (unpaired) electrons. The first kappa shape index (κ1) is 20.8. The molecule has 0 saturated carbocycles. The maximum absolute atomic E-state index is 12.6. The molecular formula is C24H35N5O2. The Morgan fingerprint density at radius 2 is 1.90 bits per heavy atom. The number of carbonyl (C=O) groups excluding carboxylic acids is 1. The number of nitrogens with zero attached hydrogens (tertiary/aromatic N) is 4. The van der Waals surface area contributed by atoms with E-state index in [1.54, 1.807) is 0 Å². The van der Waals surface area contributed by atoms with Gasteiger partial charge in [-0.2, -0.15) is 0 Å². The van der Waals surface area contributed by atoms with Gasteiger partial charge in [0.15, 0.2) is 0 Å². The molecular weight excluding hydrogens is 390 g/mol. The largest absolute Gasteiger partial charge is 0.462 e. The zero-order chi connectivity index (χ0) is 21.4. The van der Waals surface area contributed by atoms with Crippen LogP contribution in [0.4, 0.5) is 5.69 Å². The SMILES string of the molecule is CCN1CCC2(CC1)CC(CCN1CCN(c3cccc4[nH]c(C)nc34)CC1)OC2=O. The van der Waals surface area contributed by atoms with E-state index in [1.165, 1.54) is 5.69 Å². The third-order valence-corrected chi connectivity index (χ3v) is 7.68. The average Bonchev–Trinajstić information content (AvgIpc) is 3.32. The highest BCUT2D eigenvalue weighted by atomic mass is 16.6. The Hall–Kier alpha value is -2.12. The predicted molar refractivity (Wildman–Crippen MR) is 122 cm³/mol. The molecule has 2 aromatic rings. The number of benzene rings is 1. The highest BCUT2D eigenvalue weighted by molar-refractivity contribution is 5.89. The number of imidazole rings is 1. The van der Waals surface area contributed by atoms with Gasteiger partial charge in [-0.15, -0.1) is 0 Å². The summed E-state index contributed by atoms with van der Waals surface area (Å²) in [4.78, 5) is 28.1. The zero-order valence-electron chi connectivity index (χ0n) is 18.9. The summed E-state index contributed by atoms with van der Waals surface area (Å²) in [5.41, 5.74) is 3.21. The van der Waals surface area contributed by atoms with Crippen LogP contribution in [0.15, 0.2) is 18.2 Å². The highest BCUT2D eigenvalue weighted by Gasteiger charge is 2.50. The molecule has 31 heavy (non-hydrogen) atoms. The van der Waals surface area contributed by atoms with Crippen molar-refractivity contribution in [3.05, 3.63) is 24.0 Å². The Morgan fingerprint density at radius 3 is 2.65 bits per heavy atom. The lowest BCUT2D eigenvalue weighted by molar-refractivity contribution is -0.151. The molecule has 3 saturated heterocycles. The van der Waals surface area contributed by atoms with E-state index >= 15 is 0 Å². The number of rotatable bonds is 5. The van der Waals surface area contributed by atoms with Crippen LogP contribution in [-0.4, -0.2) is 84.2 Å². The lowest BCUT2D eigenvalue weighted by Gasteiger charge is -2.36. The Morgan fingerprint density at radius 1 is 1.13 bits per heavy atom. The van der Waals surface area contributed by atoms with Gasteiger partial charge in [0.2, 0.25) is 0 Å². The molecule has 4 heterocycles. The lowest BCUT2D eigenvalue weighted by atomic mass is 9.76. The maximum atomic E-state index is 12.6. The Bertz CT molecular complexity index is 925. The molecule has 168 valence electrons. The first-order chi connectivity index (χ1) is 15.1. The summed E-state index contributed by atoms with van der Waals surface area (Å²) >= 11 is 0. The maximum Gasteiger partial charge on any atom is 0.312 e. The number of cyclic esters (lactones) is 1. The van der Waals surface area contributed by atoms with Gasteiger partial charge in [0.25, 0.3) is 0 Å². The van der Waals surface area contributed by atoms with Crippen molar-refractivity contribution in [3.63, 3.8) is 0 Å². The number of piperidine rings is 1. The monoisotopic (exact) mass is 425 g/mol. The van der Waals surface area contributed by atoms with Crippen molar-refractivity contribution in [2.24, 2.45) is 5.41 Å². The number of fused-ring (bicyclic) bond motifs is 1. The lowest BCUT2D eigenvalue weighted by Crippen LogP contribution is -2.47. The van der Waals surface area contributed by atoms with Crippen LogP contribution in [-0.2, 0) is 9.53 Å². The second-order valence-corrected chi connectivity index (χ2v) is 9.56. The van der Waals surface area contributed by atoms with Crippen molar-refractivity contribution in [1.82, 2.24) is 19.8 Å². The predicted octanol–water partition coefficient (Wildman–Crippen LogP) is 2.80. The summed E-state index contributed by atoms with van der Waals surface area (Å²) in [7, 11) is 0. The summed E-state index contributed by atoms with van der Waals surface area (Å²) in [6, 6.07) is 6.38. The number of aromatic nitrogens is 2. The highest BCUT2D eigenvalue weighted by Crippen LogP contribution is 2.43. The van der Waals surface area contributed by atoms with Gasteiger partial charge in [-0.05, 0) is 58.0 Å². The van der Waals surface area contributed by atoms with Crippen LogP contribution in [0.2, 0.25) is 0 Å². The number of H-pyrrole nitrogens is 1.